The lowest BCUT2D eigenvalue weighted by Crippen LogP contribution is -2.29. The van der Waals surface area contributed by atoms with Crippen LogP contribution in [0, 0.1) is 11.3 Å². The Balaban J connectivity index is 2.72. The molecule has 0 amide bonds. The second-order valence-electron chi connectivity index (χ2n) is 4.56. The predicted molar refractivity (Wildman–Crippen MR) is 71.8 cm³/mol. The summed E-state index contributed by atoms with van der Waals surface area (Å²) >= 11 is 0. The van der Waals surface area contributed by atoms with Crippen LogP contribution in [0.4, 0.5) is 11.4 Å². The molecule has 3 N–H and O–H groups in total. The highest BCUT2D eigenvalue weighted by Gasteiger charge is 2.05. The molecular formula is C13H20N4. The van der Waals surface area contributed by atoms with Gasteiger partial charge >= 0.3 is 0 Å². The summed E-state index contributed by atoms with van der Waals surface area (Å²) in [6.07, 6.45) is 0.351. The van der Waals surface area contributed by atoms with Crippen LogP contribution in [-0.2, 0) is 6.42 Å². The average Bonchev–Trinajstić information content (AvgIpc) is 2.22. The van der Waals surface area contributed by atoms with Crippen molar-refractivity contribution < 1.29 is 0 Å². The summed E-state index contributed by atoms with van der Waals surface area (Å²) in [5.41, 5.74) is 8.37. The van der Waals surface area contributed by atoms with Gasteiger partial charge in [-0.2, -0.15) is 5.26 Å². The van der Waals surface area contributed by atoms with Crippen molar-refractivity contribution in [3.05, 3.63) is 23.8 Å². The molecule has 0 heterocycles. The van der Waals surface area contributed by atoms with Gasteiger partial charge in [0, 0.05) is 24.0 Å². The highest BCUT2D eigenvalue weighted by molar-refractivity contribution is 5.58. The number of nitrogens with zero attached hydrogens (tertiary/aromatic N) is 2. The lowest BCUT2D eigenvalue weighted by atomic mass is 10.1. The fourth-order valence-electron chi connectivity index (χ4n) is 1.81. The third-order valence-corrected chi connectivity index (χ3v) is 2.46. The molecule has 0 spiro atoms. The molecular weight excluding hydrogens is 212 g/mol. The summed E-state index contributed by atoms with van der Waals surface area (Å²) in [6, 6.07) is 8.21. The van der Waals surface area contributed by atoms with Crippen molar-refractivity contribution in [1.82, 2.24) is 4.90 Å². The van der Waals surface area contributed by atoms with Gasteiger partial charge in [0.05, 0.1) is 12.5 Å². The fraction of sp³-hybridized carbons (Fsp3) is 0.462. The molecule has 0 fully saturated rings. The van der Waals surface area contributed by atoms with Gasteiger partial charge in [-0.3, -0.25) is 0 Å². The Morgan fingerprint density at radius 3 is 2.76 bits per heavy atom. The number of benzene rings is 1. The van der Waals surface area contributed by atoms with E-state index < -0.39 is 0 Å². The van der Waals surface area contributed by atoms with Crippen LogP contribution in [0.5, 0.6) is 0 Å². The molecule has 0 aliphatic heterocycles. The first-order chi connectivity index (χ1) is 8.02. The molecule has 4 heteroatoms. The maximum atomic E-state index is 8.70. The molecule has 0 aromatic heterocycles. The van der Waals surface area contributed by atoms with E-state index in [9.17, 15) is 0 Å². The van der Waals surface area contributed by atoms with Gasteiger partial charge in [-0.15, -0.1) is 0 Å². The molecule has 1 aromatic rings. The van der Waals surface area contributed by atoms with Gasteiger partial charge in [0.1, 0.15) is 0 Å². The molecule has 1 rings (SSSR count). The number of nitrogens with two attached hydrogens (primary N) is 1. The van der Waals surface area contributed by atoms with Gasteiger partial charge in [0.2, 0.25) is 0 Å². The molecule has 92 valence electrons. The minimum absolute atomic E-state index is 0.351. The van der Waals surface area contributed by atoms with E-state index in [0.717, 1.165) is 17.8 Å². The first-order valence-electron chi connectivity index (χ1n) is 5.69. The zero-order chi connectivity index (χ0) is 12.8. The van der Waals surface area contributed by atoms with Crippen LogP contribution < -0.4 is 11.1 Å². The van der Waals surface area contributed by atoms with E-state index in [4.69, 9.17) is 11.0 Å². The Labute approximate surface area is 103 Å². The van der Waals surface area contributed by atoms with Crippen molar-refractivity contribution >= 4 is 11.4 Å². The molecule has 1 unspecified atom stereocenters. The molecule has 4 nitrogen and oxygen atoms in total. The van der Waals surface area contributed by atoms with Gasteiger partial charge in [-0.1, -0.05) is 0 Å². The predicted octanol–water partition coefficient (Wildman–Crippen LogP) is 1.70. The van der Waals surface area contributed by atoms with Gasteiger partial charge < -0.3 is 16.0 Å². The summed E-state index contributed by atoms with van der Waals surface area (Å²) in [5, 5.41) is 12.1. The van der Waals surface area contributed by atoms with E-state index in [1.54, 1.807) is 0 Å². The van der Waals surface area contributed by atoms with Crippen LogP contribution in [0.15, 0.2) is 18.2 Å². The van der Waals surface area contributed by atoms with Crippen molar-refractivity contribution in [1.29, 1.82) is 5.26 Å². The van der Waals surface area contributed by atoms with Crippen molar-refractivity contribution in [2.75, 3.05) is 31.7 Å². The van der Waals surface area contributed by atoms with Crippen LogP contribution >= 0.6 is 0 Å². The van der Waals surface area contributed by atoms with Crippen molar-refractivity contribution in [2.45, 2.75) is 19.4 Å². The minimum atomic E-state index is 0.351. The standard InChI is InChI=1S/C13H20N4/c1-10(9-17(2)3)16-12-4-5-13(15)11(8-12)6-7-14/h4-5,8,10,16H,6,9,15H2,1-3H3. The highest BCUT2D eigenvalue weighted by atomic mass is 15.1. The Morgan fingerprint density at radius 1 is 1.47 bits per heavy atom. The van der Waals surface area contributed by atoms with Crippen LogP contribution in [0.2, 0.25) is 0 Å². The number of nitrogens with one attached hydrogen (secondary N) is 1. The average molecular weight is 232 g/mol. The molecule has 1 atom stereocenters. The molecule has 0 saturated carbocycles. The Bertz CT molecular complexity index is 406. The third kappa shape index (κ3) is 4.33. The number of hydrogen-bond donors (Lipinski definition) is 2. The Hall–Kier alpha value is -1.73. The van der Waals surface area contributed by atoms with Crippen LogP contribution in [0.3, 0.4) is 0 Å². The van der Waals surface area contributed by atoms with Crippen molar-refractivity contribution in [3.63, 3.8) is 0 Å². The summed E-state index contributed by atoms with van der Waals surface area (Å²) in [5.74, 6) is 0. The Kier molecular flexibility index (Phi) is 4.80. The zero-order valence-corrected chi connectivity index (χ0v) is 10.7. The zero-order valence-electron chi connectivity index (χ0n) is 10.7. The minimum Gasteiger partial charge on any atom is -0.398 e. The summed E-state index contributed by atoms with van der Waals surface area (Å²) in [7, 11) is 4.09. The van der Waals surface area contributed by atoms with Gasteiger partial charge in [-0.05, 0) is 44.8 Å². The summed E-state index contributed by atoms with van der Waals surface area (Å²) < 4.78 is 0. The summed E-state index contributed by atoms with van der Waals surface area (Å²) in [4.78, 5) is 2.13. The first-order valence-corrected chi connectivity index (χ1v) is 5.69. The normalized spacial score (nSPS) is 12.2. The maximum absolute atomic E-state index is 8.70. The molecule has 0 saturated heterocycles. The van der Waals surface area contributed by atoms with Crippen LogP contribution in [-0.4, -0.2) is 31.6 Å². The van der Waals surface area contributed by atoms with Gasteiger partial charge in [0.25, 0.3) is 0 Å². The third-order valence-electron chi connectivity index (χ3n) is 2.46. The van der Waals surface area contributed by atoms with E-state index in [1.807, 2.05) is 32.3 Å². The molecule has 0 aliphatic carbocycles. The van der Waals surface area contributed by atoms with E-state index >= 15 is 0 Å². The van der Waals surface area contributed by atoms with Gasteiger partial charge in [-0.25, -0.2) is 0 Å². The second kappa shape index (κ2) is 6.12. The lowest BCUT2D eigenvalue weighted by Gasteiger charge is -2.20. The first kappa shape index (κ1) is 13.3. The number of nitrogen functional groups attached to an aromatic ring is 1. The number of nitriles is 1. The largest absolute Gasteiger partial charge is 0.398 e. The topological polar surface area (TPSA) is 65.1 Å². The molecule has 1 aromatic carbocycles. The van der Waals surface area contributed by atoms with E-state index in [2.05, 4.69) is 23.2 Å². The Morgan fingerprint density at radius 2 is 2.18 bits per heavy atom. The molecule has 0 aliphatic rings. The van der Waals surface area contributed by atoms with Crippen LogP contribution in [0.25, 0.3) is 0 Å². The summed E-state index contributed by atoms with van der Waals surface area (Å²) in [6.45, 7) is 3.08. The number of hydrogen-bond acceptors (Lipinski definition) is 4. The molecule has 0 bridgehead atoms. The molecule has 0 radical (unpaired) electrons. The SMILES string of the molecule is CC(CN(C)C)Nc1ccc(N)c(CC#N)c1. The van der Waals surface area contributed by atoms with E-state index in [1.165, 1.54) is 0 Å². The van der Waals surface area contributed by atoms with Gasteiger partial charge in [0.15, 0.2) is 0 Å². The quantitative estimate of drug-likeness (QED) is 0.758. The van der Waals surface area contributed by atoms with Crippen LogP contribution in [0.1, 0.15) is 12.5 Å². The smallest absolute Gasteiger partial charge is 0.0670 e. The second-order valence-corrected chi connectivity index (χ2v) is 4.56. The van der Waals surface area contributed by atoms with E-state index in [-0.39, 0.29) is 0 Å². The van der Waals surface area contributed by atoms with Crippen molar-refractivity contribution in [3.8, 4) is 6.07 Å². The number of anilines is 2. The lowest BCUT2D eigenvalue weighted by molar-refractivity contribution is 0.392. The maximum Gasteiger partial charge on any atom is 0.0670 e. The fourth-order valence-corrected chi connectivity index (χ4v) is 1.81. The highest BCUT2D eigenvalue weighted by Crippen LogP contribution is 2.18. The monoisotopic (exact) mass is 232 g/mol. The number of likely N-dealkylation sites (N-methyl/N-ethyl adjacent to an activating group) is 1. The number of rotatable bonds is 5. The molecule has 17 heavy (non-hydrogen) atoms. The van der Waals surface area contributed by atoms with E-state index in [0.29, 0.717) is 18.2 Å². The van der Waals surface area contributed by atoms with Crippen molar-refractivity contribution in [2.24, 2.45) is 0 Å².